The summed E-state index contributed by atoms with van der Waals surface area (Å²) in [6.07, 6.45) is 2.17. The van der Waals surface area contributed by atoms with Gasteiger partial charge in [0.1, 0.15) is 5.75 Å². The second-order valence-corrected chi connectivity index (χ2v) is 8.93. The van der Waals surface area contributed by atoms with Crippen LogP contribution in [0.3, 0.4) is 0 Å². The first-order valence-corrected chi connectivity index (χ1v) is 10.9. The average Bonchev–Trinajstić information content (AvgIpc) is 3.16. The molecule has 1 aliphatic rings. The van der Waals surface area contributed by atoms with Crippen LogP contribution in [0, 0.1) is 0 Å². The van der Waals surface area contributed by atoms with Crippen LogP contribution < -0.4 is 4.74 Å². The fourth-order valence-corrected chi connectivity index (χ4v) is 5.05. The number of amides is 1. The Balaban J connectivity index is 1.40. The van der Waals surface area contributed by atoms with E-state index >= 15 is 0 Å². The monoisotopic (exact) mass is 413 g/mol. The van der Waals surface area contributed by atoms with Crippen molar-refractivity contribution in [3.63, 3.8) is 0 Å². The lowest BCUT2D eigenvalue weighted by Crippen LogP contribution is -2.50. The van der Waals surface area contributed by atoms with Gasteiger partial charge in [-0.2, -0.15) is 4.31 Å². The van der Waals surface area contributed by atoms with Gasteiger partial charge in [-0.25, -0.2) is 8.42 Å². The minimum Gasteiger partial charge on any atom is -0.497 e. The van der Waals surface area contributed by atoms with E-state index in [1.54, 1.807) is 29.2 Å². The Bertz CT molecular complexity index is 1110. The number of aromatic nitrogens is 1. The van der Waals surface area contributed by atoms with Crippen molar-refractivity contribution in [2.45, 2.75) is 11.3 Å². The van der Waals surface area contributed by atoms with Gasteiger partial charge in [-0.1, -0.05) is 18.2 Å². The van der Waals surface area contributed by atoms with Gasteiger partial charge in [0, 0.05) is 43.3 Å². The summed E-state index contributed by atoms with van der Waals surface area (Å²) in [6, 6.07) is 14.2. The zero-order valence-electron chi connectivity index (χ0n) is 16.2. The molecule has 1 N–H and O–H groups in total. The van der Waals surface area contributed by atoms with Gasteiger partial charge in [-0.3, -0.25) is 4.79 Å². The van der Waals surface area contributed by atoms with Gasteiger partial charge in [0.25, 0.3) is 0 Å². The molecule has 0 unspecified atom stereocenters. The molecule has 7 nitrogen and oxygen atoms in total. The zero-order chi connectivity index (χ0) is 20.4. The molecule has 0 spiro atoms. The zero-order valence-corrected chi connectivity index (χ0v) is 17.0. The van der Waals surface area contributed by atoms with Crippen LogP contribution in [0.4, 0.5) is 0 Å². The predicted molar refractivity (Wildman–Crippen MR) is 110 cm³/mol. The van der Waals surface area contributed by atoms with Gasteiger partial charge >= 0.3 is 0 Å². The largest absolute Gasteiger partial charge is 0.497 e. The van der Waals surface area contributed by atoms with Crippen LogP contribution >= 0.6 is 0 Å². The number of rotatable bonds is 5. The van der Waals surface area contributed by atoms with Crippen molar-refractivity contribution >= 4 is 26.8 Å². The van der Waals surface area contributed by atoms with E-state index in [0.717, 1.165) is 16.5 Å². The number of benzene rings is 2. The maximum absolute atomic E-state index is 12.8. The van der Waals surface area contributed by atoms with E-state index in [-0.39, 0.29) is 23.9 Å². The maximum atomic E-state index is 12.8. The number of para-hydroxylation sites is 1. The molecule has 8 heteroatoms. The number of hydrogen-bond donors (Lipinski definition) is 1. The summed E-state index contributed by atoms with van der Waals surface area (Å²) in [5.41, 5.74) is 1.96. The van der Waals surface area contributed by atoms with Crippen LogP contribution in [0.25, 0.3) is 10.9 Å². The molecule has 2 heterocycles. The highest BCUT2D eigenvalue weighted by molar-refractivity contribution is 7.89. The third kappa shape index (κ3) is 3.86. The number of sulfonamides is 1. The molecule has 3 aromatic rings. The topological polar surface area (TPSA) is 82.7 Å². The number of carbonyl (C=O) groups excluding carboxylic acids is 1. The lowest BCUT2D eigenvalue weighted by atomic mass is 10.1. The van der Waals surface area contributed by atoms with Crippen LogP contribution in [-0.2, 0) is 21.2 Å². The van der Waals surface area contributed by atoms with Gasteiger partial charge < -0.3 is 14.6 Å². The first-order chi connectivity index (χ1) is 14.0. The van der Waals surface area contributed by atoms with Crippen LogP contribution in [0.2, 0.25) is 0 Å². The van der Waals surface area contributed by atoms with Crippen molar-refractivity contribution in [3.05, 3.63) is 60.3 Å². The normalized spacial score (nSPS) is 15.6. The van der Waals surface area contributed by atoms with Crippen LogP contribution in [0.5, 0.6) is 5.75 Å². The third-order valence-electron chi connectivity index (χ3n) is 5.31. The summed E-state index contributed by atoms with van der Waals surface area (Å²) >= 11 is 0. The lowest BCUT2D eigenvalue weighted by Gasteiger charge is -2.34. The van der Waals surface area contributed by atoms with Crippen molar-refractivity contribution in [2.75, 3.05) is 33.3 Å². The number of aromatic amines is 1. The highest BCUT2D eigenvalue weighted by atomic mass is 32.2. The van der Waals surface area contributed by atoms with Crippen LogP contribution in [0.15, 0.2) is 59.6 Å². The fourth-order valence-electron chi connectivity index (χ4n) is 3.63. The minimum atomic E-state index is -3.58. The number of carbonyl (C=O) groups is 1. The van der Waals surface area contributed by atoms with Crippen molar-refractivity contribution in [3.8, 4) is 5.75 Å². The molecule has 0 radical (unpaired) electrons. The summed E-state index contributed by atoms with van der Waals surface area (Å²) < 4.78 is 32.2. The first-order valence-electron chi connectivity index (χ1n) is 9.46. The molecule has 29 heavy (non-hydrogen) atoms. The van der Waals surface area contributed by atoms with Crippen molar-refractivity contribution in [2.24, 2.45) is 0 Å². The number of H-pyrrole nitrogens is 1. The molecule has 1 saturated heterocycles. The Labute approximate surface area is 169 Å². The van der Waals surface area contributed by atoms with E-state index in [9.17, 15) is 13.2 Å². The molecule has 1 amide bonds. The molecule has 152 valence electrons. The van der Waals surface area contributed by atoms with E-state index in [2.05, 4.69) is 4.98 Å². The number of methoxy groups -OCH3 is 1. The second kappa shape index (κ2) is 7.88. The molecule has 4 rings (SSSR count). The number of piperazine rings is 1. The van der Waals surface area contributed by atoms with E-state index in [0.29, 0.717) is 25.3 Å². The predicted octanol–water partition coefficient (Wildman–Crippen LogP) is 2.25. The summed E-state index contributed by atoms with van der Waals surface area (Å²) in [5.74, 6) is 0.618. The number of nitrogens with one attached hydrogen (secondary N) is 1. The van der Waals surface area contributed by atoms with Gasteiger partial charge in [-0.15, -0.1) is 0 Å². The van der Waals surface area contributed by atoms with Gasteiger partial charge in [0.2, 0.25) is 15.9 Å². The fraction of sp³-hybridized carbons (Fsp3) is 0.286. The van der Waals surface area contributed by atoms with Crippen LogP contribution in [0.1, 0.15) is 5.56 Å². The number of ether oxygens (including phenoxy) is 1. The molecule has 1 aromatic heterocycles. The lowest BCUT2D eigenvalue weighted by molar-refractivity contribution is -0.131. The second-order valence-electron chi connectivity index (χ2n) is 7.00. The highest BCUT2D eigenvalue weighted by Gasteiger charge is 2.30. The molecular weight excluding hydrogens is 390 g/mol. The van der Waals surface area contributed by atoms with E-state index < -0.39 is 10.0 Å². The summed E-state index contributed by atoms with van der Waals surface area (Å²) in [5, 5.41) is 1.04. The molecule has 0 bridgehead atoms. The number of nitrogens with zero attached hydrogens (tertiary/aromatic N) is 2. The summed E-state index contributed by atoms with van der Waals surface area (Å²) in [6.45, 7) is 1.34. The van der Waals surface area contributed by atoms with Gasteiger partial charge in [-0.05, 0) is 35.9 Å². The average molecular weight is 413 g/mol. The van der Waals surface area contributed by atoms with Crippen LogP contribution in [-0.4, -0.2) is 61.8 Å². The molecular formula is C21H23N3O4S. The third-order valence-corrected chi connectivity index (χ3v) is 7.22. The quantitative estimate of drug-likeness (QED) is 0.696. The van der Waals surface area contributed by atoms with Gasteiger partial charge in [0.15, 0.2) is 0 Å². The molecule has 1 aliphatic heterocycles. The Morgan fingerprint density at radius 1 is 1.03 bits per heavy atom. The Morgan fingerprint density at radius 2 is 1.72 bits per heavy atom. The molecule has 0 atom stereocenters. The minimum absolute atomic E-state index is 0.0104. The van der Waals surface area contributed by atoms with E-state index in [4.69, 9.17) is 4.74 Å². The van der Waals surface area contributed by atoms with Crippen molar-refractivity contribution in [1.29, 1.82) is 0 Å². The Hall–Kier alpha value is -2.84. The summed E-state index contributed by atoms with van der Waals surface area (Å²) in [7, 11) is -2.04. The molecule has 0 aliphatic carbocycles. The SMILES string of the molecule is COc1ccc(S(=O)(=O)N2CCN(C(=O)Cc3c[nH]c4ccccc34)CC2)cc1. The number of hydrogen-bond acceptors (Lipinski definition) is 4. The van der Waals surface area contributed by atoms with E-state index in [1.807, 2.05) is 30.5 Å². The number of fused-ring (bicyclic) bond motifs is 1. The van der Waals surface area contributed by atoms with E-state index in [1.165, 1.54) is 11.4 Å². The van der Waals surface area contributed by atoms with Gasteiger partial charge in [0.05, 0.1) is 18.4 Å². The standard InChI is InChI=1S/C21H23N3O4S/c1-28-17-6-8-18(9-7-17)29(26,27)24-12-10-23(11-13-24)21(25)14-16-15-22-20-5-3-2-4-19(16)20/h2-9,15,22H,10-14H2,1H3. The maximum Gasteiger partial charge on any atom is 0.243 e. The van der Waals surface area contributed by atoms with Crippen molar-refractivity contribution < 1.29 is 17.9 Å². The summed E-state index contributed by atoms with van der Waals surface area (Å²) in [4.78, 5) is 17.9. The highest BCUT2D eigenvalue weighted by Crippen LogP contribution is 2.22. The molecule has 0 saturated carbocycles. The molecule has 2 aromatic carbocycles. The Kier molecular flexibility index (Phi) is 5.29. The Morgan fingerprint density at radius 3 is 2.41 bits per heavy atom. The smallest absolute Gasteiger partial charge is 0.243 e. The molecule has 1 fully saturated rings. The first kappa shape index (κ1) is 19.5. The van der Waals surface area contributed by atoms with Crippen molar-refractivity contribution in [1.82, 2.24) is 14.2 Å².